The van der Waals surface area contributed by atoms with E-state index in [1.165, 1.54) is 0 Å². The Kier molecular flexibility index (Phi) is 1.18. The SMILES string of the molecule is N[C@H]1C(=O)N2CCCO[C@H]12. The van der Waals surface area contributed by atoms with Crippen molar-refractivity contribution in [2.45, 2.75) is 18.7 Å². The molecule has 0 radical (unpaired) electrons. The Morgan fingerprint density at radius 3 is 3.20 bits per heavy atom. The van der Waals surface area contributed by atoms with Crippen molar-refractivity contribution in [3.05, 3.63) is 0 Å². The second kappa shape index (κ2) is 1.93. The Balaban J connectivity index is 2.06. The van der Waals surface area contributed by atoms with Gasteiger partial charge in [0, 0.05) is 6.54 Å². The molecule has 0 aromatic heterocycles. The third-order valence-corrected chi connectivity index (χ3v) is 2.01. The molecule has 2 heterocycles. The number of amides is 1. The third-order valence-electron chi connectivity index (χ3n) is 2.01. The van der Waals surface area contributed by atoms with Crippen LogP contribution in [0.15, 0.2) is 0 Å². The molecule has 2 aliphatic heterocycles. The molecule has 0 aromatic carbocycles. The zero-order valence-electron chi connectivity index (χ0n) is 5.62. The van der Waals surface area contributed by atoms with Crippen LogP contribution < -0.4 is 5.73 Å². The van der Waals surface area contributed by atoms with Gasteiger partial charge in [0.1, 0.15) is 6.04 Å². The number of carbonyl (C=O) groups is 1. The van der Waals surface area contributed by atoms with Crippen molar-refractivity contribution in [3.8, 4) is 0 Å². The highest BCUT2D eigenvalue weighted by Crippen LogP contribution is 2.23. The number of hydrogen-bond acceptors (Lipinski definition) is 3. The van der Waals surface area contributed by atoms with Crippen LogP contribution in [0.2, 0.25) is 0 Å². The van der Waals surface area contributed by atoms with Gasteiger partial charge in [0.15, 0.2) is 6.23 Å². The molecule has 56 valence electrons. The van der Waals surface area contributed by atoms with E-state index in [0.29, 0.717) is 0 Å². The fourth-order valence-corrected chi connectivity index (χ4v) is 1.42. The molecule has 0 bridgehead atoms. The van der Waals surface area contributed by atoms with Crippen molar-refractivity contribution in [3.63, 3.8) is 0 Å². The Morgan fingerprint density at radius 2 is 2.50 bits per heavy atom. The van der Waals surface area contributed by atoms with E-state index in [0.717, 1.165) is 19.6 Å². The van der Waals surface area contributed by atoms with Crippen LogP contribution in [-0.2, 0) is 9.53 Å². The summed E-state index contributed by atoms with van der Waals surface area (Å²) in [5.41, 5.74) is 5.46. The standard InChI is InChI=1S/C6H10N2O2/c7-4-5(9)8-2-1-3-10-6(4)8/h4,6H,1-3,7H2/t4-,6+/m0/s1. The fourth-order valence-electron chi connectivity index (χ4n) is 1.42. The highest BCUT2D eigenvalue weighted by Gasteiger charge is 2.46. The summed E-state index contributed by atoms with van der Waals surface area (Å²) >= 11 is 0. The molecule has 0 aromatic rings. The molecule has 0 unspecified atom stereocenters. The van der Waals surface area contributed by atoms with Crippen molar-refractivity contribution in [2.24, 2.45) is 5.73 Å². The first kappa shape index (κ1) is 6.12. The molecule has 4 nitrogen and oxygen atoms in total. The van der Waals surface area contributed by atoms with E-state index in [9.17, 15) is 4.79 Å². The predicted octanol–water partition coefficient (Wildman–Crippen LogP) is -1.10. The van der Waals surface area contributed by atoms with Gasteiger partial charge in [-0.25, -0.2) is 0 Å². The van der Waals surface area contributed by atoms with Crippen LogP contribution in [-0.4, -0.2) is 36.2 Å². The lowest BCUT2D eigenvalue weighted by molar-refractivity contribution is -0.191. The molecule has 4 heteroatoms. The summed E-state index contributed by atoms with van der Waals surface area (Å²) in [7, 11) is 0. The maximum atomic E-state index is 10.9. The maximum absolute atomic E-state index is 10.9. The van der Waals surface area contributed by atoms with Crippen LogP contribution in [0, 0.1) is 0 Å². The summed E-state index contributed by atoms with van der Waals surface area (Å²) < 4.78 is 5.24. The monoisotopic (exact) mass is 142 g/mol. The number of ether oxygens (including phenoxy) is 1. The molecule has 2 rings (SSSR count). The summed E-state index contributed by atoms with van der Waals surface area (Å²) in [5.74, 6) is 0.0321. The van der Waals surface area contributed by atoms with E-state index in [-0.39, 0.29) is 18.2 Å². The van der Waals surface area contributed by atoms with Gasteiger partial charge in [0.25, 0.3) is 0 Å². The van der Waals surface area contributed by atoms with Gasteiger partial charge in [-0.3, -0.25) is 4.79 Å². The lowest BCUT2D eigenvalue weighted by Gasteiger charge is -2.47. The highest BCUT2D eigenvalue weighted by molar-refractivity contribution is 5.88. The summed E-state index contributed by atoms with van der Waals surface area (Å²) in [6.45, 7) is 1.55. The average molecular weight is 142 g/mol. The Bertz CT molecular complexity index is 171. The predicted molar refractivity (Wildman–Crippen MR) is 34.0 cm³/mol. The van der Waals surface area contributed by atoms with Crippen LogP contribution in [0.5, 0.6) is 0 Å². The van der Waals surface area contributed by atoms with Gasteiger partial charge in [0.2, 0.25) is 5.91 Å². The number of nitrogens with zero attached hydrogens (tertiary/aromatic N) is 1. The van der Waals surface area contributed by atoms with Crippen LogP contribution in [0.1, 0.15) is 6.42 Å². The normalized spacial score (nSPS) is 38.9. The molecular formula is C6H10N2O2. The summed E-state index contributed by atoms with van der Waals surface area (Å²) in [5, 5.41) is 0. The summed E-state index contributed by atoms with van der Waals surface area (Å²) in [4.78, 5) is 12.6. The number of hydrogen-bond donors (Lipinski definition) is 1. The molecule has 2 atom stereocenters. The van der Waals surface area contributed by atoms with E-state index in [1.54, 1.807) is 4.90 Å². The smallest absolute Gasteiger partial charge is 0.246 e. The third kappa shape index (κ3) is 0.602. The molecule has 10 heavy (non-hydrogen) atoms. The molecule has 2 saturated heterocycles. The first-order chi connectivity index (χ1) is 4.80. The van der Waals surface area contributed by atoms with Crippen molar-refractivity contribution in [1.29, 1.82) is 0 Å². The van der Waals surface area contributed by atoms with E-state index in [2.05, 4.69) is 0 Å². The van der Waals surface area contributed by atoms with E-state index < -0.39 is 0 Å². The average Bonchev–Trinajstić information content (AvgIpc) is 2.03. The van der Waals surface area contributed by atoms with Gasteiger partial charge in [-0.1, -0.05) is 0 Å². The highest BCUT2D eigenvalue weighted by atomic mass is 16.5. The van der Waals surface area contributed by atoms with Gasteiger partial charge < -0.3 is 15.4 Å². The maximum Gasteiger partial charge on any atom is 0.246 e. The number of β-lactam (4-membered cyclic amide) rings is 1. The minimum absolute atomic E-state index is 0.0321. The summed E-state index contributed by atoms with van der Waals surface area (Å²) in [6.07, 6.45) is 0.829. The molecule has 1 amide bonds. The number of rotatable bonds is 0. The second-order valence-electron chi connectivity index (χ2n) is 2.67. The molecule has 2 N–H and O–H groups in total. The molecule has 2 aliphatic rings. The van der Waals surface area contributed by atoms with Crippen LogP contribution in [0.4, 0.5) is 0 Å². The van der Waals surface area contributed by atoms with E-state index >= 15 is 0 Å². The quantitative estimate of drug-likeness (QED) is 0.437. The zero-order valence-corrected chi connectivity index (χ0v) is 5.62. The molecule has 0 spiro atoms. The second-order valence-corrected chi connectivity index (χ2v) is 2.67. The van der Waals surface area contributed by atoms with Gasteiger partial charge >= 0.3 is 0 Å². The van der Waals surface area contributed by atoms with Crippen molar-refractivity contribution in [1.82, 2.24) is 4.90 Å². The van der Waals surface area contributed by atoms with Crippen LogP contribution in [0.3, 0.4) is 0 Å². The number of carbonyl (C=O) groups excluding carboxylic acids is 1. The van der Waals surface area contributed by atoms with Crippen LogP contribution >= 0.6 is 0 Å². The van der Waals surface area contributed by atoms with E-state index in [1.807, 2.05) is 0 Å². The van der Waals surface area contributed by atoms with Gasteiger partial charge in [-0.05, 0) is 6.42 Å². The molecule has 0 aliphatic carbocycles. The Morgan fingerprint density at radius 1 is 1.70 bits per heavy atom. The Hall–Kier alpha value is -0.610. The Labute approximate surface area is 58.9 Å². The first-order valence-electron chi connectivity index (χ1n) is 3.48. The molecule has 0 saturated carbocycles. The number of nitrogens with two attached hydrogens (primary N) is 1. The van der Waals surface area contributed by atoms with Crippen molar-refractivity contribution in [2.75, 3.05) is 13.2 Å². The molecular weight excluding hydrogens is 132 g/mol. The van der Waals surface area contributed by atoms with Gasteiger partial charge in [0.05, 0.1) is 6.61 Å². The van der Waals surface area contributed by atoms with E-state index in [4.69, 9.17) is 10.5 Å². The van der Waals surface area contributed by atoms with Gasteiger partial charge in [-0.2, -0.15) is 0 Å². The summed E-state index contributed by atoms with van der Waals surface area (Å²) in [6, 6.07) is -0.389. The van der Waals surface area contributed by atoms with Crippen LogP contribution in [0.25, 0.3) is 0 Å². The minimum atomic E-state index is -0.389. The van der Waals surface area contributed by atoms with Gasteiger partial charge in [-0.15, -0.1) is 0 Å². The molecule has 2 fully saturated rings. The lowest BCUT2D eigenvalue weighted by atomic mass is 10.0. The lowest BCUT2D eigenvalue weighted by Crippen LogP contribution is -2.71. The largest absolute Gasteiger partial charge is 0.356 e. The topological polar surface area (TPSA) is 55.6 Å². The van der Waals surface area contributed by atoms with Crippen molar-refractivity contribution >= 4 is 5.91 Å². The number of fused-ring (bicyclic) bond motifs is 1. The van der Waals surface area contributed by atoms with Crippen molar-refractivity contribution < 1.29 is 9.53 Å². The zero-order chi connectivity index (χ0) is 7.14. The first-order valence-corrected chi connectivity index (χ1v) is 3.48. The fraction of sp³-hybridized carbons (Fsp3) is 0.833. The minimum Gasteiger partial charge on any atom is -0.356 e.